The van der Waals surface area contributed by atoms with Crippen molar-refractivity contribution in [3.05, 3.63) is 35.4 Å². The highest BCUT2D eigenvalue weighted by atomic mass is 16.2. The first-order valence-corrected chi connectivity index (χ1v) is 8.56. The zero-order valence-electron chi connectivity index (χ0n) is 15.7. The largest absolute Gasteiger partial charge is 0.333 e. The van der Waals surface area contributed by atoms with Crippen LogP contribution in [-0.4, -0.2) is 24.0 Å². The van der Waals surface area contributed by atoms with Gasteiger partial charge in [-0.05, 0) is 44.2 Å². The molecule has 0 aromatic heterocycles. The summed E-state index contributed by atoms with van der Waals surface area (Å²) in [5, 5.41) is 8.30. The molecule has 0 radical (unpaired) electrons. The number of amides is 3. The molecular weight excluding hydrogens is 302 g/mol. The smallest absolute Gasteiger partial charge is 0.321 e. The van der Waals surface area contributed by atoms with E-state index in [0.717, 1.165) is 12.0 Å². The minimum Gasteiger partial charge on any atom is -0.333 e. The number of carbonyl (C=O) groups excluding carboxylic acids is 2. The summed E-state index contributed by atoms with van der Waals surface area (Å²) in [6.45, 7) is 12.0. The lowest BCUT2D eigenvalue weighted by atomic mass is 9.95. The second-order valence-electron chi connectivity index (χ2n) is 7.45. The van der Waals surface area contributed by atoms with E-state index < -0.39 is 6.03 Å². The van der Waals surface area contributed by atoms with Crippen LogP contribution in [0.4, 0.5) is 4.79 Å². The van der Waals surface area contributed by atoms with Crippen molar-refractivity contribution in [3.63, 3.8) is 0 Å². The number of hydrogen-bond donors (Lipinski definition) is 3. The topological polar surface area (TPSA) is 70.2 Å². The molecule has 0 saturated heterocycles. The summed E-state index contributed by atoms with van der Waals surface area (Å²) >= 11 is 0. The Kier molecular flexibility index (Phi) is 7.42. The number of hydrogen-bond acceptors (Lipinski definition) is 3. The van der Waals surface area contributed by atoms with Crippen molar-refractivity contribution in [1.82, 2.24) is 16.0 Å². The maximum absolute atomic E-state index is 12.0. The number of benzene rings is 1. The molecule has 0 aliphatic heterocycles. The molecule has 0 unspecified atom stereocenters. The molecule has 0 spiro atoms. The van der Waals surface area contributed by atoms with Gasteiger partial charge < -0.3 is 10.6 Å². The zero-order valence-corrected chi connectivity index (χ0v) is 15.7. The van der Waals surface area contributed by atoms with Gasteiger partial charge in [0.25, 0.3) is 0 Å². The fourth-order valence-corrected chi connectivity index (χ4v) is 2.44. The molecule has 24 heavy (non-hydrogen) atoms. The number of carbonyl (C=O) groups is 2. The van der Waals surface area contributed by atoms with E-state index in [1.807, 2.05) is 20.8 Å². The van der Waals surface area contributed by atoms with Crippen molar-refractivity contribution < 1.29 is 9.59 Å². The molecule has 0 heterocycles. The molecule has 0 aliphatic rings. The van der Waals surface area contributed by atoms with E-state index in [-0.39, 0.29) is 24.0 Å². The van der Waals surface area contributed by atoms with Crippen LogP contribution in [0.25, 0.3) is 0 Å². The maximum atomic E-state index is 12.0. The third-order valence-corrected chi connectivity index (χ3v) is 3.64. The molecule has 1 aromatic carbocycles. The van der Waals surface area contributed by atoms with Gasteiger partial charge >= 0.3 is 6.03 Å². The number of nitrogens with one attached hydrogen (secondary N) is 3. The Hall–Kier alpha value is -1.88. The lowest BCUT2D eigenvalue weighted by Gasteiger charge is -2.23. The zero-order chi connectivity index (χ0) is 18.3. The molecular formula is C19H31N3O2. The normalized spacial score (nSPS) is 12.8. The molecule has 5 nitrogen and oxygen atoms in total. The standard InChI is InChI=1S/C19H31N3O2/c1-7-14-8-10-15(11-9-14)17(13(2)3)20-12-16(23)21-18(24)22-19(4,5)6/h8-11,13,17,20H,7,12H2,1-6H3,(H2,21,22,23,24)/t17-/m1/s1. The molecule has 3 N–H and O–H groups in total. The number of aryl methyl sites for hydroxylation is 1. The van der Waals surface area contributed by atoms with E-state index in [4.69, 9.17) is 0 Å². The fraction of sp³-hybridized carbons (Fsp3) is 0.579. The summed E-state index contributed by atoms with van der Waals surface area (Å²) in [4.78, 5) is 23.7. The Morgan fingerprint density at radius 3 is 2.12 bits per heavy atom. The third kappa shape index (κ3) is 7.13. The number of rotatable bonds is 6. The van der Waals surface area contributed by atoms with Crippen molar-refractivity contribution >= 4 is 11.9 Å². The van der Waals surface area contributed by atoms with Crippen LogP contribution in [0, 0.1) is 5.92 Å². The average Bonchev–Trinajstić information content (AvgIpc) is 2.45. The van der Waals surface area contributed by atoms with E-state index in [2.05, 4.69) is 61.0 Å². The Labute approximate surface area is 145 Å². The summed E-state index contributed by atoms with van der Waals surface area (Å²) < 4.78 is 0. The highest BCUT2D eigenvalue weighted by molar-refractivity contribution is 5.95. The van der Waals surface area contributed by atoms with E-state index in [9.17, 15) is 9.59 Å². The third-order valence-electron chi connectivity index (χ3n) is 3.64. The van der Waals surface area contributed by atoms with Crippen LogP contribution in [0.15, 0.2) is 24.3 Å². The van der Waals surface area contributed by atoms with Crippen LogP contribution >= 0.6 is 0 Å². The number of urea groups is 1. The monoisotopic (exact) mass is 333 g/mol. The van der Waals surface area contributed by atoms with Crippen LogP contribution in [0.5, 0.6) is 0 Å². The molecule has 1 rings (SSSR count). The van der Waals surface area contributed by atoms with Gasteiger partial charge in [0.1, 0.15) is 0 Å². The first kappa shape index (κ1) is 20.2. The van der Waals surface area contributed by atoms with Gasteiger partial charge in [-0.25, -0.2) is 4.79 Å². The average molecular weight is 333 g/mol. The second-order valence-corrected chi connectivity index (χ2v) is 7.45. The van der Waals surface area contributed by atoms with Gasteiger partial charge in [0.2, 0.25) is 5.91 Å². The van der Waals surface area contributed by atoms with Crippen LogP contribution in [0.1, 0.15) is 58.7 Å². The van der Waals surface area contributed by atoms with E-state index in [1.165, 1.54) is 5.56 Å². The second kappa shape index (κ2) is 8.83. The van der Waals surface area contributed by atoms with Crippen LogP contribution in [0.2, 0.25) is 0 Å². The summed E-state index contributed by atoms with van der Waals surface area (Å²) in [5.41, 5.74) is 2.06. The molecule has 0 bridgehead atoms. The molecule has 1 aromatic rings. The van der Waals surface area contributed by atoms with Gasteiger partial charge in [0, 0.05) is 11.6 Å². The molecule has 0 saturated carbocycles. The van der Waals surface area contributed by atoms with E-state index in [0.29, 0.717) is 5.92 Å². The Bertz CT molecular complexity index is 545. The van der Waals surface area contributed by atoms with Crippen LogP contribution in [-0.2, 0) is 11.2 Å². The van der Waals surface area contributed by atoms with Crippen molar-refractivity contribution in [3.8, 4) is 0 Å². The SMILES string of the molecule is CCc1ccc([C@H](NCC(=O)NC(=O)NC(C)(C)C)C(C)C)cc1. The molecule has 0 fully saturated rings. The minimum absolute atomic E-state index is 0.0623. The Balaban J connectivity index is 2.60. The van der Waals surface area contributed by atoms with Crippen LogP contribution in [0.3, 0.4) is 0 Å². The van der Waals surface area contributed by atoms with Gasteiger partial charge in [-0.2, -0.15) is 0 Å². The van der Waals surface area contributed by atoms with Crippen molar-refractivity contribution in [1.29, 1.82) is 0 Å². The van der Waals surface area contributed by atoms with Gasteiger partial charge in [0.05, 0.1) is 6.54 Å². The number of imide groups is 1. The Morgan fingerprint density at radius 1 is 1.08 bits per heavy atom. The predicted molar refractivity (Wildman–Crippen MR) is 97.8 cm³/mol. The quantitative estimate of drug-likeness (QED) is 0.749. The highest BCUT2D eigenvalue weighted by Crippen LogP contribution is 2.22. The van der Waals surface area contributed by atoms with E-state index in [1.54, 1.807) is 0 Å². The van der Waals surface area contributed by atoms with E-state index >= 15 is 0 Å². The Morgan fingerprint density at radius 2 is 1.67 bits per heavy atom. The maximum Gasteiger partial charge on any atom is 0.321 e. The van der Waals surface area contributed by atoms with Crippen molar-refractivity contribution in [2.45, 2.75) is 59.5 Å². The summed E-state index contributed by atoms with van der Waals surface area (Å²) in [7, 11) is 0. The molecule has 1 atom stereocenters. The lowest BCUT2D eigenvalue weighted by Crippen LogP contribution is -2.50. The lowest BCUT2D eigenvalue weighted by molar-refractivity contribution is -0.119. The predicted octanol–water partition coefficient (Wildman–Crippen LogP) is 3.16. The van der Waals surface area contributed by atoms with Gasteiger partial charge in [-0.3, -0.25) is 10.1 Å². The van der Waals surface area contributed by atoms with Gasteiger partial charge in [-0.1, -0.05) is 45.0 Å². The molecule has 3 amide bonds. The van der Waals surface area contributed by atoms with Gasteiger partial charge in [0.15, 0.2) is 0 Å². The highest BCUT2D eigenvalue weighted by Gasteiger charge is 2.19. The van der Waals surface area contributed by atoms with Gasteiger partial charge in [-0.15, -0.1) is 0 Å². The fourth-order valence-electron chi connectivity index (χ4n) is 2.44. The molecule has 0 aliphatic carbocycles. The summed E-state index contributed by atoms with van der Waals surface area (Å²) in [6.07, 6.45) is 1.01. The minimum atomic E-state index is -0.470. The van der Waals surface area contributed by atoms with Crippen molar-refractivity contribution in [2.24, 2.45) is 5.92 Å². The molecule has 5 heteroatoms. The molecule has 134 valence electrons. The first-order valence-electron chi connectivity index (χ1n) is 8.56. The van der Waals surface area contributed by atoms with Crippen LogP contribution < -0.4 is 16.0 Å². The summed E-state index contributed by atoms with van der Waals surface area (Å²) in [6, 6.07) is 8.02. The van der Waals surface area contributed by atoms with Crippen molar-refractivity contribution in [2.75, 3.05) is 6.54 Å². The first-order chi connectivity index (χ1) is 11.1. The summed E-state index contributed by atoms with van der Waals surface area (Å²) in [5.74, 6) is -0.0127.